The summed E-state index contributed by atoms with van der Waals surface area (Å²) in [5.74, 6) is -0.415. The molecule has 1 heterocycles. The molecule has 0 saturated heterocycles. The number of amides is 1. The molecule has 21 heavy (non-hydrogen) atoms. The highest BCUT2D eigenvalue weighted by Crippen LogP contribution is 2.35. The zero-order chi connectivity index (χ0) is 15.0. The number of nitriles is 1. The Morgan fingerprint density at radius 1 is 1.29 bits per heavy atom. The number of aliphatic hydroxyl groups is 1. The molecular formula is C16H13N3O2. The van der Waals surface area contributed by atoms with Gasteiger partial charge in [-0.1, -0.05) is 18.2 Å². The van der Waals surface area contributed by atoms with Gasteiger partial charge in [0, 0.05) is 24.0 Å². The van der Waals surface area contributed by atoms with E-state index in [4.69, 9.17) is 0 Å². The number of carbonyl (C=O) groups excluding carboxylic acids is 1. The van der Waals surface area contributed by atoms with Gasteiger partial charge in [-0.2, -0.15) is 5.26 Å². The lowest BCUT2D eigenvalue weighted by Crippen LogP contribution is -2.11. The second-order valence-electron chi connectivity index (χ2n) is 4.85. The summed E-state index contributed by atoms with van der Waals surface area (Å²) in [6.07, 6.45) is -1.11. The predicted octanol–water partition coefficient (Wildman–Crippen LogP) is 2.31. The summed E-state index contributed by atoms with van der Waals surface area (Å²) >= 11 is 0. The van der Waals surface area contributed by atoms with Gasteiger partial charge in [-0.3, -0.25) is 4.79 Å². The highest BCUT2D eigenvalue weighted by Gasteiger charge is 2.28. The second-order valence-corrected chi connectivity index (χ2v) is 4.85. The van der Waals surface area contributed by atoms with Crippen LogP contribution in [0.5, 0.6) is 0 Å². The Kier molecular flexibility index (Phi) is 3.09. The Balaban J connectivity index is 2.01. The third kappa shape index (κ3) is 2.12. The maximum Gasteiger partial charge on any atom is 0.257 e. The summed E-state index contributed by atoms with van der Waals surface area (Å²) in [5.41, 5.74) is 3.36. The molecule has 3 rings (SSSR count). The van der Waals surface area contributed by atoms with Gasteiger partial charge in [-0.15, -0.1) is 0 Å². The fourth-order valence-electron chi connectivity index (χ4n) is 2.44. The van der Waals surface area contributed by atoms with Gasteiger partial charge in [-0.05, 0) is 24.3 Å². The Hall–Kier alpha value is -2.84. The molecule has 1 amide bonds. The molecule has 0 fully saturated rings. The summed E-state index contributed by atoms with van der Waals surface area (Å²) in [6.45, 7) is 0. The molecule has 0 aliphatic carbocycles. The van der Waals surface area contributed by atoms with E-state index in [1.54, 1.807) is 18.2 Å². The minimum absolute atomic E-state index is 0.415. The molecule has 1 unspecified atom stereocenters. The fourth-order valence-corrected chi connectivity index (χ4v) is 2.44. The Bertz CT molecular complexity index is 764. The molecular weight excluding hydrogens is 266 g/mol. The summed E-state index contributed by atoms with van der Waals surface area (Å²) in [4.78, 5) is 13.3. The van der Waals surface area contributed by atoms with E-state index < -0.39 is 12.0 Å². The largest absolute Gasteiger partial charge is 0.378 e. The minimum Gasteiger partial charge on any atom is -0.378 e. The number of para-hydroxylation sites is 1. The first-order valence-electron chi connectivity index (χ1n) is 6.47. The Morgan fingerprint density at radius 2 is 2.05 bits per heavy atom. The molecule has 0 saturated carbocycles. The molecule has 2 aromatic rings. The van der Waals surface area contributed by atoms with E-state index in [-0.39, 0.29) is 0 Å². The first-order valence-corrected chi connectivity index (χ1v) is 6.47. The van der Waals surface area contributed by atoms with Gasteiger partial charge in [0.15, 0.2) is 6.10 Å². The molecule has 1 aliphatic heterocycles. The molecule has 1 aliphatic rings. The first kappa shape index (κ1) is 13.2. The van der Waals surface area contributed by atoms with Crippen LogP contribution in [-0.4, -0.2) is 18.1 Å². The van der Waals surface area contributed by atoms with Gasteiger partial charge >= 0.3 is 0 Å². The third-order valence-corrected chi connectivity index (χ3v) is 3.61. The van der Waals surface area contributed by atoms with Crippen molar-refractivity contribution < 1.29 is 9.90 Å². The van der Waals surface area contributed by atoms with Crippen molar-refractivity contribution in [1.82, 2.24) is 0 Å². The maximum atomic E-state index is 11.5. The average molecular weight is 279 g/mol. The summed E-state index contributed by atoms with van der Waals surface area (Å²) in [6, 6.07) is 14.8. The van der Waals surface area contributed by atoms with Crippen LogP contribution < -0.4 is 10.2 Å². The molecule has 2 N–H and O–H groups in total. The van der Waals surface area contributed by atoms with Crippen molar-refractivity contribution in [2.75, 3.05) is 17.3 Å². The number of hydrogen-bond acceptors (Lipinski definition) is 4. The normalized spacial score (nSPS) is 16.0. The lowest BCUT2D eigenvalue weighted by Gasteiger charge is -2.21. The molecule has 1 atom stereocenters. The molecule has 0 aromatic heterocycles. The van der Waals surface area contributed by atoms with Crippen LogP contribution in [0.3, 0.4) is 0 Å². The van der Waals surface area contributed by atoms with E-state index >= 15 is 0 Å². The second kappa shape index (κ2) is 4.93. The van der Waals surface area contributed by atoms with E-state index in [9.17, 15) is 15.2 Å². The molecule has 5 heteroatoms. The summed E-state index contributed by atoms with van der Waals surface area (Å²) in [7, 11) is 1.85. The fraction of sp³-hybridized carbons (Fsp3) is 0.125. The molecule has 0 bridgehead atoms. The van der Waals surface area contributed by atoms with Crippen LogP contribution in [0.1, 0.15) is 17.2 Å². The number of aliphatic hydroxyl groups excluding tert-OH is 1. The van der Waals surface area contributed by atoms with Crippen LogP contribution in [0, 0.1) is 11.3 Å². The zero-order valence-electron chi connectivity index (χ0n) is 11.4. The molecule has 5 nitrogen and oxygen atoms in total. The van der Waals surface area contributed by atoms with Crippen LogP contribution in [0.25, 0.3) is 0 Å². The summed E-state index contributed by atoms with van der Waals surface area (Å²) < 4.78 is 0. The zero-order valence-corrected chi connectivity index (χ0v) is 11.4. The van der Waals surface area contributed by atoms with Crippen LogP contribution >= 0.6 is 0 Å². The van der Waals surface area contributed by atoms with Gasteiger partial charge < -0.3 is 15.3 Å². The van der Waals surface area contributed by atoms with E-state index in [0.717, 1.165) is 11.4 Å². The van der Waals surface area contributed by atoms with Crippen molar-refractivity contribution in [2.24, 2.45) is 0 Å². The number of nitrogens with one attached hydrogen (secondary N) is 1. The lowest BCUT2D eigenvalue weighted by atomic mass is 10.1. The standard InChI is InChI=1S/C16H13N3O2/c1-19(14-5-3-2-4-10(14)9-17)11-6-7-12-13(8-11)18-16(21)15(12)20/h2-8,15,20H,1H3,(H,18,21). The van der Waals surface area contributed by atoms with Crippen molar-refractivity contribution in [3.63, 3.8) is 0 Å². The quantitative estimate of drug-likeness (QED) is 0.884. The van der Waals surface area contributed by atoms with E-state index in [2.05, 4.69) is 11.4 Å². The van der Waals surface area contributed by atoms with Gasteiger partial charge in [0.2, 0.25) is 0 Å². The summed E-state index contributed by atoms with van der Waals surface area (Å²) in [5, 5.41) is 21.5. The topological polar surface area (TPSA) is 76.4 Å². The van der Waals surface area contributed by atoms with Gasteiger partial charge in [0.1, 0.15) is 6.07 Å². The monoisotopic (exact) mass is 279 g/mol. The highest BCUT2D eigenvalue weighted by molar-refractivity contribution is 6.02. The van der Waals surface area contributed by atoms with Crippen LogP contribution in [0.4, 0.5) is 17.1 Å². The lowest BCUT2D eigenvalue weighted by molar-refractivity contribution is -0.123. The Morgan fingerprint density at radius 3 is 2.81 bits per heavy atom. The first-order chi connectivity index (χ1) is 10.1. The predicted molar refractivity (Wildman–Crippen MR) is 79.3 cm³/mol. The number of anilines is 3. The average Bonchev–Trinajstić information content (AvgIpc) is 2.80. The number of nitrogens with zero attached hydrogens (tertiary/aromatic N) is 2. The number of benzene rings is 2. The number of carbonyl (C=O) groups is 1. The van der Waals surface area contributed by atoms with Crippen molar-refractivity contribution >= 4 is 23.0 Å². The molecule has 2 aromatic carbocycles. The van der Waals surface area contributed by atoms with E-state index in [1.807, 2.05) is 36.2 Å². The smallest absolute Gasteiger partial charge is 0.257 e. The molecule has 0 spiro atoms. The SMILES string of the molecule is CN(c1ccc2c(c1)NC(=O)C2O)c1ccccc1C#N. The molecule has 0 radical (unpaired) electrons. The highest BCUT2D eigenvalue weighted by atomic mass is 16.3. The van der Waals surface area contributed by atoms with E-state index in [1.165, 1.54) is 0 Å². The van der Waals surface area contributed by atoms with Gasteiger partial charge in [-0.25, -0.2) is 0 Å². The number of rotatable bonds is 2. The van der Waals surface area contributed by atoms with Crippen molar-refractivity contribution in [2.45, 2.75) is 6.10 Å². The Labute approximate surface area is 122 Å². The van der Waals surface area contributed by atoms with Crippen LogP contribution in [0.15, 0.2) is 42.5 Å². The van der Waals surface area contributed by atoms with Crippen molar-refractivity contribution in [3.8, 4) is 6.07 Å². The third-order valence-electron chi connectivity index (χ3n) is 3.61. The van der Waals surface area contributed by atoms with E-state index in [0.29, 0.717) is 16.8 Å². The maximum absolute atomic E-state index is 11.5. The van der Waals surface area contributed by atoms with Crippen molar-refractivity contribution in [1.29, 1.82) is 5.26 Å². The number of hydrogen-bond donors (Lipinski definition) is 2. The van der Waals surface area contributed by atoms with Gasteiger partial charge in [0.25, 0.3) is 5.91 Å². The van der Waals surface area contributed by atoms with Gasteiger partial charge in [0.05, 0.1) is 11.3 Å². The van der Waals surface area contributed by atoms with Crippen LogP contribution in [0.2, 0.25) is 0 Å². The molecule has 104 valence electrons. The minimum atomic E-state index is -1.11. The van der Waals surface area contributed by atoms with Crippen LogP contribution in [-0.2, 0) is 4.79 Å². The number of fused-ring (bicyclic) bond motifs is 1. The van der Waals surface area contributed by atoms with Crippen molar-refractivity contribution in [3.05, 3.63) is 53.6 Å².